The van der Waals surface area contributed by atoms with E-state index in [0.29, 0.717) is 15.8 Å². The predicted octanol–water partition coefficient (Wildman–Crippen LogP) is 3.83. The number of hydrogen-bond acceptors (Lipinski definition) is 4. The van der Waals surface area contributed by atoms with E-state index in [-0.39, 0.29) is 18.6 Å². The lowest BCUT2D eigenvalue weighted by molar-refractivity contribution is -0.123. The van der Waals surface area contributed by atoms with Gasteiger partial charge in [-0.25, -0.2) is 9.67 Å². The molecule has 0 saturated carbocycles. The number of hydrogen-bond donors (Lipinski definition) is 1. The van der Waals surface area contributed by atoms with Crippen LogP contribution in [0.15, 0.2) is 55.1 Å². The van der Waals surface area contributed by atoms with Crippen LogP contribution in [-0.4, -0.2) is 27.3 Å². The highest BCUT2D eigenvalue weighted by Gasteiger charge is 2.11. The smallest absolute Gasteiger partial charge is 0.258 e. The molecular formula is C18H16Cl2N4O2. The zero-order valence-corrected chi connectivity index (χ0v) is 15.4. The van der Waals surface area contributed by atoms with Crippen molar-refractivity contribution in [2.24, 2.45) is 0 Å². The van der Waals surface area contributed by atoms with Crippen molar-refractivity contribution in [3.63, 3.8) is 0 Å². The summed E-state index contributed by atoms with van der Waals surface area (Å²) in [6.07, 6.45) is 3.10. The number of benzene rings is 2. The Morgan fingerprint density at radius 2 is 2.00 bits per heavy atom. The van der Waals surface area contributed by atoms with E-state index in [1.165, 1.54) is 6.33 Å². The second kappa shape index (κ2) is 8.21. The molecule has 0 saturated heterocycles. The van der Waals surface area contributed by atoms with E-state index < -0.39 is 0 Å². The van der Waals surface area contributed by atoms with Crippen LogP contribution in [0.2, 0.25) is 10.0 Å². The Bertz CT molecular complexity index is 883. The van der Waals surface area contributed by atoms with Crippen molar-refractivity contribution in [2.75, 3.05) is 6.61 Å². The van der Waals surface area contributed by atoms with Gasteiger partial charge in [0.05, 0.1) is 16.8 Å². The van der Waals surface area contributed by atoms with Crippen molar-refractivity contribution < 1.29 is 9.53 Å². The van der Waals surface area contributed by atoms with Gasteiger partial charge in [-0.3, -0.25) is 4.79 Å². The number of carbonyl (C=O) groups excluding carboxylic acids is 1. The van der Waals surface area contributed by atoms with Gasteiger partial charge in [-0.15, -0.1) is 0 Å². The first-order valence-electron chi connectivity index (χ1n) is 7.85. The van der Waals surface area contributed by atoms with E-state index in [2.05, 4.69) is 15.4 Å². The van der Waals surface area contributed by atoms with Crippen LogP contribution in [0.25, 0.3) is 5.69 Å². The predicted molar refractivity (Wildman–Crippen MR) is 99.9 cm³/mol. The number of rotatable bonds is 6. The molecule has 0 fully saturated rings. The summed E-state index contributed by atoms with van der Waals surface area (Å²) in [5.74, 6) is 0.167. The molecule has 26 heavy (non-hydrogen) atoms. The Kier molecular flexibility index (Phi) is 5.75. The molecule has 0 bridgehead atoms. The van der Waals surface area contributed by atoms with Gasteiger partial charge in [0.2, 0.25) is 0 Å². The van der Waals surface area contributed by atoms with E-state index >= 15 is 0 Å². The SMILES string of the molecule is CC(NC(=O)COc1ccc(Cl)cc1Cl)c1ccc(-n2cncn2)cc1. The van der Waals surface area contributed by atoms with Gasteiger partial charge in [0.1, 0.15) is 18.4 Å². The molecule has 2 aromatic carbocycles. The first-order valence-corrected chi connectivity index (χ1v) is 8.60. The molecule has 1 aromatic heterocycles. The number of halogens is 2. The first-order chi connectivity index (χ1) is 12.5. The average Bonchev–Trinajstić information content (AvgIpc) is 3.16. The molecule has 1 amide bonds. The number of ether oxygens (including phenoxy) is 1. The molecule has 6 nitrogen and oxygen atoms in total. The Hall–Kier alpha value is -2.57. The number of aromatic nitrogens is 3. The molecule has 0 aliphatic rings. The molecule has 1 unspecified atom stereocenters. The molecule has 0 aliphatic heterocycles. The van der Waals surface area contributed by atoms with Gasteiger partial charge >= 0.3 is 0 Å². The molecule has 0 radical (unpaired) electrons. The van der Waals surface area contributed by atoms with Crippen LogP contribution in [0.3, 0.4) is 0 Å². The molecule has 8 heteroatoms. The van der Waals surface area contributed by atoms with E-state index in [1.54, 1.807) is 29.2 Å². The molecule has 1 atom stereocenters. The fraction of sp³-hybridized carbons (Fsp3) is 0.167. The summed E-state index contributed by atoms with van der Waals surface area (Å²) in [4.78, 5) is 16.0. The molecular weight excluding hydrogens is 375 g/mol. The third-order valence-corrected chi connectivity index (χ3v) is 4.24. The normalized spacial score (nSPS) is 11.8. The van der Waals surface area contributed by atoms with Crippen molar-refractivity contribution in [1.29, 1.82) is 0 Å². The first kappa shape index (κ1) is 18.2. The van der Waals surface area contributed by atoms with Crippen molar-refractivity contribution in [1.82, 2.24) is 20.1 Å². The van der Waals surface area contributed by atoms with E-state index in [9.17, 15) is 4.79 Å². The van der Waals surface area contributed by atoms with Gasteiger partial charge in [0.15, 0.2) is 6.61 Å². The zero-order valence-electron chi connectivity index (χ0n) is 13.9. The topological polar surface area (TPSA) is 69.0 Å². The summed E-state index contributed by atoms with van der Waals surface area (Å²) in [5.41, 5.74) is 1.86. The van der Waals surface area contributed by atoms with Crippen molar-refractivity contribution >= 4 is 29.1 Å². The van der Waals surface area contributed by atoms with Crippen molar-refractivity contribution in [2.45, 2.75) is 13.0 Å². The maximum atomic E-state index is 12.1. The lowest BCUT2D eigenvalue weighted by atomic mass is 10.1. The fourth-order valence-corrected chi connectivity index (χ4v) is 2.82. The van der Waals surface area contributed by atoms with Gasteiger partial charge < -0.3 is 10.1 Å². The summed E-state index contributed by atoms with van der Waals surface area (Å²) < 4.78 is 7.10. The Morgan fingerprint density at radius 3 is 2.65 bits per heavy atom. The van der Waals surface area contributed by atoms with Gasteiger partial charge in [0.25, 0.3) is 5.91 Å². The molecule has 134 valence electrons. The summed E-state index contributed by atoms with van der Waals surface area (Å²) in [5, 5.41) is 7.83. The summed E-state index contributed by atoms with van der Waals surface area (Å²) >= 11 is 11.9. The van der Waals surface area contributed by atoms with Crippen molar-refractivity contribution in [3.05, 3.63) is 70.7 Å². The standard InChI is InChI=1S/C18H16Cl2N4O2/c1-12(13-2-5-15(6-3-13)24-11-21-10-22-24)23-18(25)9-26-17-7-4-14(19)8-16(17)20/h2-8,10-12H,9H2,1H3,(H,23,25). The molecule has 3 aromatic rings. The number of carbonyl (C=O) groups is 1. The second-order valence-electron chi connectivity index (χ2n) is 5.58. The largest absolute Gasteiger partial charge is 0.482 e. The van der Waals surface area contributed by atoms with Crippen LogP contribution in [0.1, 0.15) is 18.5 Å². The van der Waals surface area contributed by atoms with Gasteiger partial charge in [-0.05, 0) is 42.8 Å². The number of amides is 1. The third kappa shape index (κ3) is 4.53. The third-order valence-electron chi connectivity index (χ3n) is 3.71. The quantitative estimate of drug-likeness (QED) is 0.694. The monoisotopic (exact) mass is 390 g/mol. The van der Waals surface area contributed by atoms with Crippen LogP contribution in [0, 0.1) is 0 Å². The minimum atomic E-state index is -0.246. The lowest BCUT2D eigenvalue weighted by Gasteiger charge is -2.15. The van der Waals surface area contributed by atoms with E-state index in [4.69, 9.17) is 27.9 Å². The maximum Gasteiger partial charge on any atom is 0.258 e. The Morgan fingerprint density at radius 1 is 1.23 bits per heavy atom. The Labute approximate surface area is 160 Å². The highest BCUT2D eigenvalue weighted by atomic mass is 35.5. The number of nitrogens with one attached hydrogen (secondary N) is 1. The zero-order chi connectivity index (χ0) is 18.5. The van der Waals surface area contributed by atoms with Gasteiger partial charge in [0, 0.05) is 5.02 Å². The van der Waals surface area contributed by atoms with Crippen LogP contribution in [0.4, 0.5) is 0 Å². The molecule has 0 spiro atoms. The highest BCUT2D eigenvalue weighted by molar-refractivity contribution is 6.35. The molecule has 3 rings (SSSR count). The average molecular weight is 391 g/mol. The minimum Gasteiger partial charge on any atom is -0.482 e. The van der Waals surface area contributed by atoms with Gasteiger partial charge in [-0.2, -0.15) is 5.10 Å². The molecule has 1 N–H and O–H groups in total. The van der Waals surface area contributed by atoms with Gasteiger partial charge in [-0.1, -0.05) is 35.3 Å². The second-order valence-corrected chi connectivity index (χ2v) is 6.43. The van der Waals surface area contributed by atoms with Crippen molar-refractivity contribution in [3.8, 4) is 11.4 Å². The summed E-state index contributed by atoms with van der Waals surface area (Å²) in [6.45, 7) is 1.76. The van der Waals surface area contributed by atoms with Crippen LogP contribution in [0.5, 0.6) is 5.75 Å². The fourth-order valence-electron chi connectivity index (χ4n) is 2.36. The molecule has 0 aliphatic carbocycles. The van der Waals surface area contributed by atoms with Crippen LogP contribution >= 0.6 is 23.2 Å². The summed E-state index contributed by atoms with van der Waals surface area (Å²) in [7, 11) is 0. The lowest BCUT2D eigenvalue weighted by Crippen LogP contribution is -2.31. The highest BCUT2D eigenvalue weighted by Crippen LogP contribution is 2.27. The van der Waals surface area contributed by atoms with E-state index in [1.807, 2.05) is 31.2 Å². The van der Waals surface area contributed by atoms with E-state index in [0.717, 1.165) is 11.3 Å². The maximum absolute atomic E-state index is 12.1. The van der Waals surface area contributed by atoms with Crippen LogP contribution < -0.4 is 10.1 Å². The van der Waals surface area contributed by atoms with Crippen LogP contribution in [-0.2, 0) is 4.79 Å². The molecule has 1 heterocycles. The number of nitrogens with zero attached hydrogens (tertiary/aromatic N) is 3. The Balaban J connectivity index is 1.55. The summed E-state index contributed by atoms with van der Waals surface area (Å²) in [6, 6.07) is 12.4. The minimum absolute atomic E-state index is 0.136.